The lowest BCUT2D eigenvalue weighted by molar-refractivity contribution is -0.115. The van der Waals surface area contributed by atoms with Crippen molar-refractivity contribution in [3.05, 3.63) is 71.6 Å². The Labute approximate surface area is 149 Å². The molecule has 6 heteroatoms. The molecule has 1 aromatic heterocycles. The molecule has 3 aromatic rings. The van der Waals surface area contributed by atoms with Gasteiger partial charge in [-0.2, -0.15) is 0 Å². The molecule has 4 rings (SSSR count). The van der Waals surface area contributed by atoms with Crippen LogP contribution in [0.2, 0.25) is 0 Å². The zero-order valence-electron chi connectivity index (χ0n) is 13.5. The van der Waals surface area contributed by atoms with Gasteiger partial charge in [0.2, 0.25) is 11.8 Å². The maximum absolute atomic E-state index is 12.5. The normalized spacial score (nSPS) is 16.8. The lowest BCUT2D eigenvalue weighted by Gasteiger charge is -2.09. The van der Waals surface area contributed by atoms with Gasteiger partial charge in [-0.05, 0) is 30.0 Å². The Bertz CT molecular complexity index is 879. The first-order chi connectivity index (χ1) is 12.3. The number of rotatable bonds is 4. The average Bonchev–Trinajstić information content (AvgIpc) is 3.00. The molecule has 0 fully saturated rings. The van der Waals surface area contributed by atoms with E-state index in [1.807, 2.05) is 54.6 Å². The summed E-state index contributed by atoms with van der Waals surface area (Å²) >= 11 is 1.34. The number of nitrogens with one attached hydrogen (secondary N) is 1. The average molecular weight is 351 g/mol. The van der Waals surface area contributed by atoms with E-state index in [1.54, 1.807) is 0 Å². The number of para-hydroxylation sites is 1. The molecule has 0 spiro atoms. The highest BCUT2D eigenvalue weighted by atomic mass is 32.2. The number of nitrogens with zero attached hydrogens (tertiary/aromatic N) is 2. The fourth-order valence-corrected chi connectivity index (χ4v) is 3.73. The van der Waals surface area contributed by atoms with Gasteiger partial charge in [-0.3, -0.25) is 4.79 Å². The Kier molecular flexibility index (Phi) is 4.52. The molecule has 1 aliphatic rings. The highest BCUT2D eigenvalue weighted by molar-refractivity contribution is 8.00. The number of thioether (sulfide) groups is 1. The molecular weight excluding hydrogens is 334 g/mol. The molecule has 0 saturated heterocycles. The van der Waals surface area contributed by atoms with Crippen molar-refractivity contribution in [2.75, 3.05) is 5.32 Å². The number of hydrogen-bond donors (Lipinski definition) is 1. The van der Waals surface area contributed by atoms with Crippen molar-refractivity contribution in [2.24, 2.45) is 0 Å². The molecule has 0 aliphatic carbocycles. The SMILES string of the molecule is O=C1Nc2ccccc2CCC1Sc1nnc(Cc2ccccc2)o1. The number of aryl methyl sites for hydroxylation is 1. The van der Waals surface area contributed by atoms with E-state index in [-0.39, 0.29) is 11.2 Å². The third-order valence-corrected chi connectivity index (χ3v) is 5.23. The fourth-order valence-electron chi connectivity index (χ4n) is 2.85. The van der Waals surface area contributed by atoms with E-state index in [0.717, 1.165) is 29.7 Å². The van der Waals surface area contributed by atoms with E-state index < -0.39 is 0 Å². The second kappa shape index (κ2) is 7.11. The monoisotopic (exact) mass is 351 g/mol. The van der Waals surface area contributed by atoms with Crippen molar-refractivity contribution in [1.29, 1.82) is 0 Å². The van der Waals surface area contributed by atoms with Crippen LogP contribution in [0.25, 0.3) is 0 Å². The molecule has 126 valence electrons. The van der Waals surface area contributed by atoms with Gasteiger partial charge in [0.05, 0.1) is 11.7 Å². The van der Waals surface area contributed by atoms with E-state index >= 15 is 0 Å². The van der Waals surface area contributed by atoms with Crippen molar-refractivity contribution in [3.8, 4) is 0 Å². The number of benzene rings is 2. The van der Waals surface area contributed by atoms with E-state index in [9.17, 15) is 4.79 Å². The van der Waals surface area contributed by atoms with Crippen LogP contribution in [0.5, 0.6) is 0 Å². The number of fused-ring (bicyclic) bond motifs is 1. The topological polar surface area (TPSA) is 68.0 Å². The van der Waals surface area contributed by atoms with Gasteiger partial charge in [0.25, 0.3) is 5.22 Å². The number of carbonyl (C=O) groups is 1. The van der Waals surface area contributed by atoms with Gasteiger partial charge in [-0.15, -0.1) is 10.2 Å². The molecule has 1 amide bonds. The summed E-state index contributed by atoms with van der Waals surface area (Å²) < 4.78 is 5.72. The maximum Gasteiger partial charge on any atom is 0.277 e. The van der Waals surface area contributed by atoms with E-state index in [1.165, 1.54) is 11.8 Å². The summed E-state index contributed by atoms with van der Waals surface area (Å²) in [7, 11) is 0. The van der Waals surface area contributed by atoms with Crippen LogP contribution in [0.1, 0.15) is 23.4 Å². The van der Waals surface area contributed by atoms with Crippen molar-refractivity contribution in [3.63, 3.8) is 0 Å². The number of aromatic nitrogens is 2. The summed E-state index contributed by atoms with van der Waals surface area (Å²) in [6.45, 7) is 0. The first-order valence-electron chi connectivity index (χ1n) is 8.20. The first kappa shape index (κ1) is 15.9. The van der Waals surface area contributed by atoms with E-state index in [2.05, 4.69) is 15.5 Å². The van der Waals surface area contributed by atoms with Crippen LogP contribution in [0.4, 0.5) is 5.69 Å². The second-order valence-corrected chi connectivity index (χ2v) is 7.07. The molecule has 25 heavy (non-hydrogen) atoms. The molecule has 1 aliphatic heterocycles. The zero-order valence-corrected chi connectivity index (χ0v) is 14.3. The van der Waals surface area contributed by atoms with Crippen molar-refractivity contribution in [2.45, 2.75) is 29.7 Å². The van der Waals surface area contributed by atoms with Crippen molar-refractivity contribution in [1.82, 2.24) is 10.2 Å². The molecule has 0 saturated carbocycles. The zero-order chi connectivity index (χ0) is 17.1. The number of amides is 1. The minimum absolute atomic E-state index is 0.0160. The molecule has 2 aromatic carbocycles. The number of anilines is 1. The van der Waals surface area contributed by atoms with Crippen LogP contribution >= 0.6 is 11.8 Å². The van der Waals surface area contributed by atoms with E-state index in [4.69, 9.17) is 4.42 Å². The van der Waals surface area contributed by atoms with Crippen LogP contribution in [0.15, 0.2) is 64.2 Å². The molecule has 1 N–H and O–H groups in total. The minimum atomic E-state index is -0.238. The minimum Gasteiger partial charge on any atom is -0.416 e. The predicted octanol–water partition coefficient (Wildman–Crippen LogP) is 3.71. The summed E-state index contributed by atoms with van der Waals surface area (Å²) in [6, 6.07) is 17.9. The quantitative estimate of drug-likeness (QED) is 0.776. The summed E-state index contributed by atoms with van der Waals surface area (Å²) in [5.41, 5.74) is 3.17. The Morgan fingerprint density at radius 3 is 2.76 bits per heavy atom. The van der Waals surface area contributed by atoms with Crippen LogP contribution < -0.4 is 5.32 Å². The Balaban J connectivity index is 1.43. The third-order valence-electron chi connectivity index (χ3n) is 4.13. The predicted molar refractivity (Wildman–Crippen MR) is 96.6 cm³/mol. The lowest BCUT2D eigenvalue weighted by Crippen LogP contribution is -2.23. The first-order valence-corrected chi connectivity index (χ1v) is 9.07. The maximum atomic E-state index is 12.5. The second-order valence-electron chi connectivity index (χ2n) is 5.92. The molecule has 1 atom stereocenters. The third kappa shape index (κ3) is 3.74. The van der Waals surface area contributed by atoms with Gasteiger partial charge >= 0.3 is 0 Å². The standard InChI is InChI=1S/C19H17N3O2S/c23-18-16(11-10-14-8-4-5-9-15(14)20-18)25-19-22-21-17(24-19)12-13-6-2-1-3-7-13/h1-9,16H,10-12H2,(H,20,23). The van der Waals surface area contributed by atoms with Crippen LogP contribution in [-0.4, -0.2) is 21.4 Å². The lowest BCUT2D eigenvalue weighted by atomic mass is 10.1. The summed E-state index contributed by atoms with van der Waals surface area (Å²) in [5, 5.41) is 11.4. The number of hydrogen-bond acceptors (Lipinski definition) is 5. The van der Waals surface area contributed by atoms with Gasteiger partial charge in [-0.1, -0.05) is 60.3 Å². The number of carbonyl (C=O) groups excluding carboxylic acids is 1. The van der Waals surface area contributed by atoms with Crippen LogP contribution in [0.3, 0.4) is 0 Å². The highest BCUT2D eigenvalue weighted by Gasteiger charge is 2.26. The summed E-state index contributed by atoms with van der Waals surface area (Å²) in [4.78, 5) is 12.5. The molecule has 0 radical (unpaired) electrons. The summed E-state index contributed by atoms with van der Waals surface area (Å²) in [6.07, 6.45) is 2.18. The molecular formula is C19H17N3O2S. The van der Waals surface area contributed by atoms with Gasteiger partial charge < -0.3 is 9.73 Å². The van der Waals surface area contributed by atoms with Gasteiger partial charge in [0.1, 0.15) is 0 Å². The smallest absolute Gasteiger partial charge is 0.277 e. The van der Waals surface area contributed by atoms with Crippen molar-refractivity contribution < 1.29 is 9.21 Å². The fraction of sp³-hybridized carbons (Fsp3) is 0.211. The van der Waals surface area contributed by atoms with E-state index in [0.29, 0.717) is 17.5 Å². The Hall–Kier alpha value is -2.60. The highest BCUT2D eigenvalue weighted by Crippen LogP contribution is 2.31. The molecule has 5 nitrogen and oxygen atoms in total. The molecule has 1 unspecified atom stereocenters. The van der Waals surface area contributed by atoms with Crippen LogP contribution in [0, 0.1) is 0 Å². The molecule has 2 heterocycles. The Morgan fingerprint density at radius 2 is 1.88 bits per heavy atom. The van der Waals surface area contributed by atoms with Crippen LogP contribution in [-0.2, 0) is 17.6 Å². The molecule has 0 bridgehead atoms. The largest absolute Gasteiger partial charge is 0.416 e. The Morgan fingerprint density at radius 1 is 1.08 bits per heavy atom. The van der Waals surface area contributed by atoms with Gasteiger partial charge in [-0.25, -0.2) is 0 Å². The van der Waals surface area contributed by atoms with Crippen molar-refractivity contribution >= 4 is 23.4 Å². The van der Waals surface area contributed by atoms with Gasteiger partial charge in [0, 0.05) is 5.69 Å². The van der Waals surface area contributed by atoms with Gasteiger partial charge in [0.15, 0.2) is 0 Å². The summed E-state index contributed by atoms with van der Waals surface area (Å²) in [5.74, 6) is 0.545.